The molecule has 0 rings (SSSR count). The second-order valence-electron chi connectivity index (χ2n) is 2.87. The van der Waals surface area contributed by atoms with Crippen LogP contribution in [0.2, 0.25) is 0 Å². The lowest BCUT2D eigenvalue weighted by atomic mass is 10.3. The molecule has 0 aliphatic rings. The SMILES string of the molecule is CCC(Br)C(=O)NCCCCOC. The molecule has 0 bridgehead atoms. The maximum Gasteiger partial charge on any atom is 0.233 e. The first-order chi connectivity index (χ1) is 6.22. The van der Waals surface area contributed by atoms with Crippen molar-refractivity contribution in [3.63, 3.8) is 0 Å². The molecule has 0 aliphatic heterocycles. The summed E-state index contributed by atoms with van der Waals surface area (Å²) in [5.74, 6) is 0.0833. The minimum atomic E-state index is -0.0464. The van der Waals surface area contributed by atoms with E-state index in [2.05, 4.69) is 21.2 Å². The molecule has 78 valence electrons. The Morgan fingerprint density at radius 3 is 2.77 bits per heavy atom. The van der Waals surface area contributed by atoms with Gasteiger partial charge in [-0.3, -0.25) is 4.79 Å². The first-order valence-electron chi connectivity index (χ1n) is 4.63. The molecule has 0 aromatic heterocycles. The maximum atomic E-state index is 11.2. The van der Waals surface area contributed by atoms with E-state index in [1.54, 1.807) is 7.11 Å². The number of amides is 1. The summed E-state index contributed by atoms with van der Waals surface area (Å²) in [5.41, 5.74) is 0. The van der Waals surface area contributed by atoms with Gasteiger partial charge in [-0.05, 0) is 19.3 Å². The van der Waals surface area contributed by atoms with E-state index < -0.39 is 0 Å². The van der Waals surface area contributed by atoms with Gasteiger partial charge in [0, 0.05) is 20.3 Å². The molecule has 1 unspecified atom stereocenters. The zero-order chi connectivity index (χ0) is 10.1. The van der Waals surface area contributed by atoms with Crippen LogP contribution in [0.15, 0.2) is 0 Å². The molecule has 0 saturated carbocycles. The van der Waals surface area contributed by atoms with E-state index in [-0.39, 0.29) is 10.7 Å². The van der Waals surface area contributed by atoms with Crippen LogP contribution in [0, 0.1) is 0 Å². The molecule has 4 heteroatoms. The van der Waals surface area contributed by atoms with Crippen molar-refractivity contribution < 1.29 is 9.53 Å². The molecule has 0 aromatic carbocycles. The highest BCUT2D eigenvalue weighted by Gasteiger charge is 2.10. The third kappa shape index (κ3) is 7.02. The molecular weight excluding hydrogens is 234 g/mol. The summed E-state index contributed by atoms with van der Waals surface area (Å²) in [7, 11) is 1.68. The Morgan fingerprint density at radius 1 is 1.54 bits per heavy atom. The van der Waals surface area contributed by atoms with Gasteiger partial charge in [0.25, 0.3) is 0 Å². The van der Waals surface area contributed by atoms with Crippen molar-refractivity contribution in [1.82, 2.24) is 5.32 Å². The Labute approximate surface area is 88.4 Å². The van der Waals surface area contributed by atoms with E-state index in [4.69, 9.17) is 4.74 Å². The van der Waals surface area contributed by atoms with Crippen molar-refractivity contribution in [2.24, 2.45) is 0 Å². The predicted octanol–water partition coefficient (Wildman–Crippen LogP) is 1.70. The van der Waals surface area contributed by atoms with E-state index in [0.29, 0.717) is 0 Å². The number of rotatable bonds is 7. The topological polar surface area (TPSA) is 38.3 Å². The molecule has 3 nitrogen and oxygen atoms in total. The lowest BCUT2D eigenvalue weighted by molar-refractivity contribution is -0.120. The number of hydrogen-bond acceptors (Lipinski definition) is 2. The van der Waals surface area contributed by atoms with Crippen LogP contribution < -0.4 is 5.32 Å². The minimum Gasteiger partial charge on any atom is -0.385 e. The van der Waals surface area contributed by atoms with Gasteiger partial charge in [-0.25, -0.2) is 0 Å². The van der Waals surface area contributed by atoms with Gasteiger partial charge in [-0.1, -0.05) is 22.9 Å². The van der Waals surface area contributed by atoms with E-state index in [0.717, 1.165) is 32.4 Å². The normalized spacial score (nSPS) is 12.5. The van der Waals surface area contributed by atoms with Crippen LogP contribution in [0.5, 0.6) is 0 Å². The molecule has 1 amide bonds. The summed E-state index contributed by atoms with van der Waals surface area (Å²) in [5, 5.41) is 2.85. The molecule has 0 aliphatic carbocycles. The molecule has 1 atom stereocenters. The summed E-state index contributed by atoms with van der Waals surface area (Å²) in [6, 6.07) is 0. The first-order valence-corrected chi connectivity index (χ1v) is 5.54. The van der Waals surface area contributed by atoms with Crippen LogP contribution in [0.25, 0.3) is 0 Å². The van der Waals surface area contributed by atoms with Crippen molar-refractivity contribution in [2.45, 2.75) is 31.0 Å². The Hall–Kier alpha value is -0.0900. The van der Waals surface area contributed by atoms with Crippen molar-refractivity contribution >= 4 is 21.8 Å². The molecule has 0 radical (unpaired) electrons. The van der Waals surface area contributed by atoms with Gasteiger partial charge in [0.15, 0.2) is 0 Å². The molecule has 0 heterocycles. The average molecular weight is 252 g/mol. The summed E-state index contributed by atoms with van der Waals surface area (Å²) < 4.78 is 4.90. The molecular formula is C9H18BrNO2. The van der Waals surface area contributed by atoms with Crippen LogP contribution in [0.4, 0.5) is 0 Å². The largest absolute Gasteiger partial charge is 0.385 e. The molecule has 0 aromatic rings. The molecule has 13 heavy (non-hydrogen) atoms. The first kappa shape index (κ1) is 12.9. The Morgan fingerprint density at radius 2 is 2.23 bits per heavy atom. The third-order valence-corrected chi connectivity index (χ3v) is 2.78. The summed E-state index contributed by atoms with van der Waals surface area (Å²) in [6.07, 6.45) is 2.79. The Kier molecular flexibility index (Phi) is 8.45. The van der Waals surface area contributed by atoms with Crippen molar-refractivity contribution in [3.05, 3.63) is 0 Å². The van der Waals surface area contributed by atoms with Gasteiger partial charge < -0.3 is 10.1 Å². The lowest BCUT2D eigenvalue weighted by Crippen LogP contribution is -2.31. The smallest absolute Gasteiger partial charge is 0.233 e. The van der Waals surface area contributed by atoms with Gasteiger partial charge in [-0.2, -0.15) is 0 Å². The van der Waals surface area contributed by atoms with Crippen LogP contribution in [-0.4, -0.2) is 31.0 Å². The monoisotopic (exact) mass is 251 g/mol. The van der Waals surface area contributed by atoms with Gasteiger partial charge >= 0.3 is 0 Å². The molecule has 1 N–H and O–H groups in total. The zero-order valence-electron chi connectivity index (χ0n) is 8.31. The summed E-state index contributed by atoms with van der Waals surface area (Å²) in [6.45, 7) is 3.48. The van der Waals surface area contributed by atoms with Crippen LogP contribution in [-0.2, 0) is 9.53 Å². The quantitative estimate of drug-likeness (QED) is 0.553. The third-order valence-electron chi connectivity index (χ3n) is 1.72. The fraction of sp³-hybridized carbons (Fsp3) is 0.889. The van der Waals surface area contributed by atoms with Crippen LogP contribution in [0.3, 0.4) is 0 Å². The summed E-state index contributed by atoms with van der Waals surface area (Å²) >= 11 is 3.29. The second-order valence-corrected chi connectivity index (χ2v) is 3.97. The number of nitrogens with one attached hydrogen (secondary N) is 1. The standard InChI is InChI=1S/C9H18BrNO2/c1-3-8(10)9(12)11-6-4-5-7-13-2/h8H,3-7H2,1-2H3,(H,11,12). The predicted molar refractivity (Wildman–Crippen MR) is 57.1 cm³/mol. The number of methoxy groups -OCH3 is 1. The van der Waals surface area contributed by atoms with E-state index >= 15 is 0 Å². The van der Waals surface area contributed by atoms with E-state index in [9.17, 15) is 4.79 Å². The highest BCUT2D eigenvalue weighted by molar-refractivity contribution is 9.10. The number of carbonyl (C=O) groups is 1. The minimum absolute atomic E-state index is 0.0464. The molecule has 0 spiro atoms. The van der Waals surface area contributed by atoms with Crippen molar-refractivity contribution in [2.75, 3.05) is 20.3 Å². The van der Waals surface area contributed by atoms with Crippen molar-refractivity contribution in [3.8, 4) is 0 Å². The highest BCUT2D eigenvalue weighted by Crippen LogP contribution is 2.03. The van der Waals surface area contributed by atoms with Gasteiger partial charge in [0.05, 0.1) is 4.83 Å². The number of alkyl halides is 1. The molecule has 0 saturated heterocycles. The summed E-state index contributed by atoms with van der Waals surface area (Å²) in [4.78, 5) is 11.2. The van der Waals surface area contributed by atoms with Gasteiger partial charge in [0.1, 0.15) is 0 Å². The fourth-order valence-electron chi connectivity index (χ4n) is 0.879. The Balaban J connectivity index is 3.27. The Bertz CT molecular complexity index is 142. The van der Waals surface area contributed by atoms with Crippen LogP contribution in [0.1, 0.15) is 26.2 Å². The lowest BCUT2D eigenvalue weighted by Gasteiger charge is -2.07. The van der Waals surface area contributed by atoms with E-state index in [1.165, 1.54) is 0 Å². The number of halogens is 1. The number of hydrogen-bond donors (Lipinski definition) is 1. The van der Waals surface area contributed by atoms with Crippen molar-refractivity contribution in [1.29, 1.82) is 0 Å². The number of carbonyl (C=O) groups excluding carboxylic acids is 1. The van der Waals surface area contributed by atoms with Gasteiger partial charge in [-0.15, -0.1) is 0 Å². The number of unbranched alkanes of at least 4 members (excludes halogenated alkanes) is 1. The van der Waals surface area contributed by atoms with Gasteiger partial charge in [0.2, 0.25) is 5.91 Å². The maximum absolute atomic E-state index is 11.2. The van der Waals surface area contributed by atoms with Crippen LogP contribution >= 0.6 is 15.9 Å². The zero-order valence-corrected chi connectivity index (χ0v) is 9.89. The molecule has 0 fully saturated rings. The fourth-order valence-corrected chi connectivity index (χ4v) is 1.04. The number of ether oxygens (including phenoxy) is 1. The average Bonchev–Trinajstić information content (AvgIpc) is 2.16. The highest BCUT2D eigenvalue weighted by atomic mass is 79.9. The second kappa shape index (κ2) is 8.51. The van der Waals surface area contributed by atoms with E-state index in [1.807, 2.05) is 6.92 Å².